The fourth-order valence-corrected chi connectivity index (χ4v) is 4.20. The zero-order valence-corrected chi connectivity index (χ0v) is 16.6. The molecule has 28 heavy (non-hydrogen) atoms. The minimum Gasteiger partial charge on any atom is -0.395 e. The maximum Gasteiger partial charge on any atom is 0.257 e. The van der Waals surface area contributed by atoms with Crippen LogP contribution in [0.5, 0.6) is 0 Å². The van der Waals surface area contributed by atoms with Gasteiger partial charge in [-0.1, -0.05) is 17.4 Å². The molecule has 1 fully saturated rings. The van der Waals surface area contributed by atoms with E-state index >= 15 is 0 Å². The number of piperazine rings is 1. The van der Waals surface area contributed by atoms with Gasteiger partial charge in [-0.3, -0.25) is 9.69 Å². The van der Waals surface area contributed by atoms with Gasteiger partial charge in [-0.2, -0.15) is 0 Å². The standard InChI is InChI=1S/C20H23N5O2S/c1-14-4-5-17-16(13-14)22-20(28-17)23-18-15(3-2-6-21-18)19(27)25-9-7-24(8-10-25)11-12-26/h2-6,13,26H,7-12H2,1H3,(H,21,22,23). The maximum atomic E-state index is 13.1. The van der Waals surface area contributed by atoms with Gasteiger partial charge >= 0.3 is 0 Å². The van der Waals surface area contributed by atoms with Crippen molar-refractivity contribution in [2.24, 2.45) is 0 Å². The Morgan fingerprint density at radius 3 is 2.86 bits per heavy atom. The van der Waals surface area contributed by atoms with Crippen molar-refractivity contribution in [2.75, 3.05) is 44.6 Å². The van der Waals surface area contributed by atoms with Crippen LogP contribution >= 0.6 is 11.3 Å². The van der Waals surface area contributed by atoms with Crippen LogP contribution in [-0.4, -0.2) is 70.1 Å². The lowest BCUT2D eigenvalue weighted by Crippen LogP contribution is -2.49. The zero-order valence-electron chi connectivity index (χ0n) is 15.8. The van der Waals surface area contributed by atoms with E-state index in [1.54, 1.807) is 29.7 Å². The molecule has 4 rings (SSSR count). The average molecular weight is 398 g/mol. The number of aromatic nitrogens is 2. The van der Waals surface area contributed by atoms with Gasteiger partial charge in [0.05, 0.1) is 22.4 Å². The third-order valence-electron chi connectivity index (χ3n) is 4.88. The summed E-state index contributed by atoms with van der Waals surface area (Å²) < 4.78 is 1.09. The van der Waals surface area contributed by atoms with Crippen molar-refractivity contribution >= 4 is 38.4 Å². The lowest BCUT2D eigenvalue weighted by Gasteiger charge is -2.34. The van der Waals surface area contributed by atoms with Crippen LogP contribution in [0.4, 0.5) is 10.9 Å². The van der Waals surface area contributed by atoms with E-state index in [0.717, 1.165) is 28.4 Å². The first-order valence-electron chi connectivity index (χ1n) is 9.36. The highest BCUT2D eigenvalue weighted by Gasteiger charge is 2.24. The molecule has 1 aliphatic heterocycles. The Balaban J connectivity index is 1.52. The second-order valence-electron chi connectivity index (χ2n) is 6.87. The van der Waals surface area contributed by atoms with Crippen molar-refractivity contribution in [2.45, 2.75) is 6.92 Å². The summed E-state index contributed by atoms with van der Waals surface area (Å²) in [5.74, 6) is 0.497. The molecule has 0 radical (unpaired) electrons. The quantitative estimate of drug-likeness (QED) is 0.688. The Kier molecular flexibility index (Phi) is 5.52. The van der Waals surface area contributed by atoms with Crippen LogP contribution in [0, 0.1) is 6.92 Å². The monoisotopic (exact) mass is 397 g/mol. The molecule has 0 unspecified atom stereocenters. The number of anilines is 2. The van der Waals surface area contributed by atoms with Crippen molar-refractivity contribution in [3.05, 3.63) is 47.7 Å². The number of aryl methyl sites for hydroxylation is 1. The summed E-state index contributed by atoms with van der Waals surface area (Å²) in [4.78, 5) is 26.1. The van der Waals surface area contributed by atoms with Crippen LogP contribution in [0.2, 0.25) is 0 Å². The minimum atomic E-state index is -0.0313. The van der Waals surface area contributed by atoms with Gasteiger partial charge in [0.25, 0.3) is 5.91 Å². The largest absolute Gasteiger partial charge is 0.395 e. The number of hydrogen-bond acceptors (Lipinski definition) is 7. The molecule has 0 aliphatic carbocycles. The lowest BCUT2D eigenvalue weighted by atomic mass is 10.2. The van der Waals surface area contributed by atoms with Gasteiger partial charge in [0.1, 0.15) is 5.82 Å². The molecule has 0 atom stereocenters. The van der Waals surface area contributed by atoms with Gasteiger partial charge in [-0.25, -0.2) is 9.97 Å². The predicted octanol–water partition coefficient (Wildman–Crippen LogP) is 2.49. The number of benzene rings is 1. The second-order valence-corrected chi connectivity index (χ2v) is 7.90. The molecule has 0 saturated carbocycles. The lowest BCUT2D eigenvalue weighted by molar-refractivity contribution is 0.0615. The molecule has 0 bridgehead atoms. The van der Waals surface area contributed by atoms with Gasteiger partial charge in [0.2, 0.25) is 0 Å². The SMILES string of the molecule is Cc1ccc2sc(Nc3ncccc3C(=O)N3CCN(CCO)CC3)nc2c1. The van der Waals surface area contributed by atoms with Crippen LogP contribution in [0.25, 0.3) is 10.2 Å². The summed E-state index contributed by atoms with van der Waals surface area (Å²) in [6.45, 7) is 5.67. The van der Waals surface area contributed by atoms with Crippen molar-refractivity contribution in [3.63, 3.8) is 0 Å². The number of aliphatic hydroxyl groups excluding tert-OH is 1. The zero-order chi connectivity index (χ0) is 19.5. The number of nitrogens with zero attached hydrogens (tertiary/aromatic N) is 4. The summed E-state index contributed by atoms with van der Waals surface area (Å²) in [6.07, 6.45) is 1.68. The van der Waals surface area contributed by atoms with Gasteiger partial charge in [0.15, 0.2) is 5.13 Å². The van der Waals surface area contributed by atoms with Gasteiger partial charge in [-0.05, 0) is 36.8 Å². The Morgan fingerprint density at radius 2 is 2.07 bits per heavy atom. The Morgan fingerprint density at radius 1 is 1.25 bits per heavy atom. The van der Waals surface area contributed by atoms with Crippen LogP contribution in [0.3, 0.4) is 0 Å². The predicted molar refractivity (Wildman–Crippen MR) is 111 cm³/mol. The van der Waals surface area contributed by atoms with Gasteiger partial charge < -0.3 is 15.3 Å². The number of pyridine rings is 1. The number of rotatable bonds is 5. The van der Waals surface area contributed by atoms with Crippen LogP contribution in [-0.2, 0) is 0 Å². The summed E-state index contributed by atoms with van der Waals surface area (Å²) in [6, 6.07) is 9.76. The highest BCUT2D eigenvalue weighted by atomic mass is 32.1. The van der Waals surface area contributed by atoms with E-state index in [9.17, 15) is 4.79 Å². The Bertz CT molecular complexity index is 982. The number of amides is 1. The number of aliphatic hydroxyl groups is 1. The topological polar surface area (TPSA) is 81.6 Å². The Hall–Kier alpha value is -2.55. The third-order valence-corrected chi connectivity index (χ3v) is 5.83. The summed E-state index contributed by atoms with van der Waals surface area (Å²) in [5.41, 5.74) is 2.66. The molecule has 1 aromatic carbocycles. The van der Waals surface area contributed by atoms with Crippen molar-refractivity contribution in [3.8, 4) is 0 Å². The van der Waals surface area contributed by atoms with E-state index in [2.05, 4.69) is 32.3 Å². The molecular weight excluding hydrogens is 374 g/mol. The third kappa shape index (κ3) is 3.99. The summed E-state index contributed by atoms with van der Waals surface area (Å²) >= 11 is 1.55. The van der Waals surface area contributed by atoms with Crippen LogP contribution in [0.1, 0.15) is 15.9 Å². The molecular formula is C20H23N5O2S. The summed E-state index contributed by atoms with van der Waals surface area (Å²) in [7, 11) is 0. The van der Waals surface area contributed by atoms with E-state index < -0.39 is 0 Å². The van der Waals surface area contributed by atoms with E-state index in [1.165, 1.54) is 5.56 Å². The molecule has 2 aromatic heterocycles. The first-order valence-corrected chi connectivity index (χ1v) is 10.2. The molecule has 7 nitrogen and oxygen atoms in total. The first-order chi connectivity index (χ1) is 13.6. The van der Waals surface area contributed by atoms with Crippen molar-refractivity contribution in [1.82, 2.24) is 19.8 Å². The molecule has 3 heterocycles. The molecule has 2 N–H and O–H groups in total. The number of carbonyl (C=O) groups excluding carboxylic acids is 1. The number of carbonyl (C=O) groups is 1. The number of hydrogen-bond donors (Lipinski definition) is 2. The minimum absolute atomic E-state index is 0.0313. The first kappa shape index (κ1) is 18.8. The smallest absolute Gasteiger partial charge is 0.257 e. The fraction of sp³-hybridized carbons (Fsp3) is 0.350. The van der Waals surface area contributed by atoms with Crippen molar-refractivity contribution < 1.29 is 9.90 Å². The average Bonchev–Trinajstić information content (AvgIpc) is 3.10. The Labute approximate surface area is 167 Å². The molecule has 1 aliphatic rings. The molecule has 8 heteroatoms. The van der Waals surface area contributed by atoms with E-state index in [4.69, 9.17) is 5.11 Å². The van der Waals surface area contributed by atoms with E-state index in [-0.39, 0.29) is 12.5 Å². The summed E-state index contributed by atoms with van der Waals surface area (Å²) in [5, 5.41) is 13.0. The molecule has 1 amide bonds. The second kappa shape index (κ2) is 8.22. The number of fused-ring (bicyclic) bond motifs is 1. The normalized spacial score (nSPS) is 15.1. The van der Waals surface area contributed by atoms with Gasteiger partial charge in [-0.15, -0.1) is 0 Å². The van der Waals surface area contributed by atoms with Crippen molar-refractivity contribution in [1.29, 1.82) is 0 Å². The molecule has 146 valence electrons. The number of nitrogens with one attached hydrogen (secondary N) is 1. The van der Waals surface area contributed by atoms with E-state index in [0.29, 0.717) is 31.0 Å². The van der Waals surface area contributed by atoms with Crippen LogP contribution < -0.4 is 5.32 Å². The number of thiazole rings is 1. The van der Waals surface area contributed by atoms with Gasteiger partial charge in [0, 0.05) is 38.9 Å². The molecule has 3 aromatic rings. The molecule has 0 spiro atoms. The van der Waals surface area contributed by atoms with E-state index in [1.807, 2.05) is 17.9 Å². The highest BCUT2D eigenvalue weighted by molar-refractivity contribution is 7.22. The molecule has 1 saturated heterocycles. The highest BCUT2D eigenvalue weighted by Crippen LogP contribution is 2.29. The maximum absolute atomic E-state index is 13.1. The van der Waals surface area contributed by atoms with Crippen LogP contribution in [0.15, 0.2) is 36.5 Å². The number of β-amino-alcohol motifs (C(OH)–C–C–N with tert-alkyl or cyclic N) is 1. The fourth-order valence-electron chi connectivity index (χ4n) is 3.36.